The third-order valence-corrected chi connectivity index (χ3v) is 3.90. The maximum Gasteiger partial charge on any atom is 0.317 e. The number of aliphatic carboxylic acids is 1. The van der Waals surface area contributed by atoms with E-state index in [1.54, 1.807) is 4.90 Å². The van der Waals surface area contributed by atoms with Crippen LogP contribution in [-0.2, 0) is 9.53 Å². The Hall–Kier alpha value is -0.950. The third kappa shape index (κ3) is 6.47. The first-order valence-electron chi connectivity index (χ1n) is 6.98. The number of rotatable bonds is 8. The molecule has 2 amide bonds. The Morgan fingerprint density at radius 3 is 2.90 bits per heavy atom. The zero-order valence-corrected chi connectivity index (χ0v) is 12.8. The first-order valence-corrected chi connectivity index (χ1v) is 8.37. The number of hydrogen-bond donors (Lipinski definition) is 2. The first-order chi connectivity index (χ1) is 9.65. The second-order valence-corrected chi connectivity index (χ2v) is 5.79. The van der Waals surface area contributed by atoms with Crippen molar-refractivity contribution in [1.82, 2.24) is 10.2 Å². The van der Waals surface area contributed by atoms with Crippen LogP contribution in [-0.4, -0.2) is 66.4 Å². The van der Waals surface area contributed by atoms with Crippen molar-refractivity contribution >= 4 is 23.8 Å². The molecule has 1 saturated heterocycles. The van der Waals surface area contributed by atoms with Crippen molar-refractivity contribution in [3.63, 3.8) is 0 Å². The van der Waals surface area contributed by atoms with Gasteiger partial charge in [0, 0.05) is 13.1 Å². The third-order valence-electron chi connectivity index (χ3n) is 3.20. The minimum atomic E-state index is -0.907. The van der Waals surface area contributed by atoms with E-state index in [9.17, 15) is 9.59 Å². The Kier molecular flexibility index (Phi) is 8.45. The molecule has 1 unspecified atom stereocenters. The highest BCUT2D eigenvalue weighted by Gasteiger charge is 2.28. The normalized spacial score (nSPS) is 18.9. The van der Waals surface area contributed by atoms with Gasteiger partial charge in [-0.2, -0.15) is 11.8 Å². The van der Waals surface area contributed by atoms with E-state index in [1.165, 1.54) is 0 Å². The number of carbonyl (C=O) groups excluding carboxylic acids is 1. The van der Waals surface area contributed by atoms with E-state index >= 15 is 0 Å². The lowest BCUT2D eigenvalue weighted by molar-refractivity contribution is -0.139. The van der Waals surface area contributed by atoms with Crippen molar-refractivity contribution in [3.8, 4) is 0 Å². The number of thioether (sulfide) groups is 1. The topological polar surface area (TPSA) is 78.9 Å². The van der Waals surface area contributed by atoms with Crippen molar-refractivity contribution < 1.29 is 19.4 Å². The molecule has 6 nitrogen and oxygen atoms in total. The molecule has 0 aromatic carbocycles. The maximum atomic E-state index is 12.0. The standard InChI is InChI=1S/C13H24N2O4S/c1-20-8-4-2-3-5-14-13(18)15-6-7-19-10-11(15)9-12(16)17/h11H,2-10H2,1H3,(H,14,18)(H,16,17). The molecule has 0 aromatic rings. The number of amides is 2. The summed E-state index contributed by atoms with van der Waals surface area (Å²) in [6.45, 7) is 1.87. The van der Waals surface area contributed by atoms with E-state index in [2.05, 4.69) is 11.6 Å². The minimum absolute atomic E-state index is 0.0683. The molecular weight excluding hydrogens is 280 g/mol. The van der Waals surface area contributed by atoms with Gasteiger partial charge in [-0.15, -0.1) is 0 Å². The molecule has 0 aliphatic carbocycles. The van der Waals surface area contributed by atoms with E-state index in [0.29, 0.717) is 26.3 Å². The highest BCUT2D eigenvalue weighted by molar-refractivity contribution is 7.98. The van der Waals surface area contributed by atoms with Crippen LogP contribution in [0.2, 0.25) is 0 Å². The van der Waals surface area contributed by atoms with E-state index in [0.717, 1.165) is 25.0 Å². The summed E-state index contributed by atoms with van der Waals surface area (Å²) in [7, 11) is 0. The number of urea groups is 1. The van der Waals surface area contributed by atoms with Crippen molar-refractivity contribution in [1.29, 1.82) is 0 Å². The maximum absolute atomic E-state index is 12.0. The summed E-state index contributed by atoms with van der Waals surface area (Å²) >= 11 is 1.83. The summed E-state index contributed by atoms with van der Waals surface area (Å²) in [4.78, 5) is 24.4. The Morgan fingerprint density at radius 1 is 1.40 bits per heavy atom. The SMILES string of the molecule is CSCCCCCNC(=O)N1CCOCC1CC(=O)O. The summed E-state index contributed by atoms with van der Waals surface area (Å²) in [6.07, 6.45) is 5.24. The van der Waals surface area contributed by atoms with E-state index in [1.807, 2.05) is 11.8 Å². The van der Waals surface area contributed by atoms with Gasteiger partial charge in [0.25, 0.3) is 0 Å². The molecule has 1 aliphatic heterocycles. The van der Waals surface area contributed by atoms with E-state index in [4.69, 9.17) is 9.84 Å². The smallest absolute Gasteiger partial charge is 0.317 e. The van der Waals surface area contributed by atoms with Crippen LogP contribution in [0.1, 0.15) is 25.7 Å². The lowest BCUT2D eigenvalue weighted by Gasteiger charge is -2.34. The van der Waals surface area contributed by atoms with Crippen LogP contribution in [0, 0.1) is 0 Å². The van der Waals surface area contributed by atoms with Crippen LogP contribution in [0.15, 0.2) is 0 Å². The summed E-state index contributed by atoms with van der Waals surface area (Å²) < 4.78 is 5.25. The van der Waals surface area contributed by atoms with Gasteiger partial charge < -0.3 is 20.1 Å². The molecule has 116 valence electrons. The number of hydrogen-bond acceptors (Lipinski definition) is 4. The van der Waals surface area contributed by atoms with Gasteiger partial charge in [0.05, 0.1) is 25.7 Å². The number of ether oxygens (including phenoxy) is 1. The number of morpholine rings is 1. The fourth-order valence-electron chi connectivity index (χ4n) is 2.14. The Balaban J connectivity index is 2.26. The predicted octanol–water partition coefficient (Wildman–Crippen LogP) is 1.40. The minimum Gasteiger partial charge on any atom is -0.481 e. The highest BCUT2D eigenvalue weighted by atomic mass is 32.2. The average molecular weight is 304 g/mol. The van der Waals surface area contributed by atoms with Gasteiger partial charge in [0.15, 0.2) is 0 Å². The monoisotopic (exact) mass is 304 g/mol. The van der Waals surface area contributed by atoms with Crippen molar-refractivity contribution in [2.24, 2.45) is 0 Å². The van der Waals surface area contributed by atoms with Crippen LogP contribution in [0.3, 0.4) is 0 Å². The Bertz CT molecular complexity index is 315. The molecule has 1 atom stereocenters. The number of nitrogens with one attached hydrogen (secondary N) is 1. The van der Waals surface area contributed by atoms with Gasteiger partial charge in [0.1, 0.15) is 0 Å². The van der Waals surface area contributed by atoms with Gasteiger partial charge in [-0.05, 0) is 24.9 Å². The molecule has 0 spiro atoms. The summed E-state index contributed by atoms with van der Waals surface area (Å²) in [5, 5.41) is 11.7. The summed E-state index contributed by atoms with van der Waals surface area (Å²) in [6, 6.07) is -0.540. The highest BCUT2D eigenvalue weighted by Crippen LogP contribution is 2.11. The van der Waals surface area contributed by atoms with Crippen LogP contribution in [0.4, 0.5) is 4.79 Å². The van der Waals surface area contributed by atoms with Gasteiger partial charge in [-0.3, -0.25) is 4.79 Å². The number of nitrogens with zero attached hydrogens (tertiary/aromatic N) is 1. The molecular formula is C13H24N2O4S. The molecule has 7 heteroatoms. The first kappa shape index (κ1) is 17.1. The molecule has 0 aromatic heterocycles. The molecule has 0 bridgehead atoms. The van der Waals surface area contributed by atoms with Crippen LogP contribution < -0.4 is 5.32 Å². The largest absolute Gasteiger partial charge is 0.481 e. The van der Waals surface area contributed by atoms with Gasteiger partial charge >= 0.3 is 12.0 Å². The zero-order valence-electron chi connectivity index (χ0n) is 12.0. The molecule has 0 radical (unpaired) electrons. The van der Waals surface area contributed by atoms with Crippen molar-refractivity contribution in [2.75, 3.05) is 38.3 Å². The zero-order chi connectivity index (χ0) is 14.8. The second-order valence-electron chi connectivity index (χ2n) is 4.81. The molecule has 1 aliphatic rings. The Morgan fingerprint density at radius 2 is 2.20 bits per heavy atom. The molecule has 1 rings (SSSR count). The quantitative estimate of drug-likeness (QED) is 0.663. The lowest BCUT2D eigenvalue weighted by Crippen LogP contribution is -2.53. The molecule has 0 saturated carbocycles. The Labute approximate surface area is 124 Å². The van der Waals surface area contributed by atoms with E-state index in [-0.39, 0.29) is 18.5 Å². The molecule has 2 N–H and O–H groups in total. The van der Waals surface area contributed by atoms with Crippen molar-refractivity contribution in [3.05, 3.63) is 0 Å². The van der Waals surface area contributed by atoms with Gasteiger partial charge in [-0.1, -0.05) is 6.42 Å². The number of carboxylic acids is 1. The predicted molar refractivity (Wildman–Crippen MR) is 79.2 cm³/mol. The fraction of sp³-hybridized carbons (Fsp3) is 0.846. The average Bonchev–Trinajstić information content (AvgIpc) is 2.42. The second kappa shape index (κ2) is 9.88. The lowest BCUT2D eigenvalue weighted by atomic mass is 10.1. The van der Waals surface area contributed by atoms with Gasteiger partial charge in [-0.25, -0.2) is 4.79 Å². The fourth-order valence-corrected chi connectivity index (χ4v) is 2.63. The number of carbonyl (C=O) groups is 2. The summed E-state index contributed by atoms with van der Waals surface area (Å²) in [5.74, 6) is 0.244. The summed E-state index contributed by atoms with van der Waals surface area (Å²) in [5.41, 5.74) is 0. The van der Waals surface area contributed by atoms with Crippen LogP contribution >= 0.6 is 11.8 Å². The molecule has 20 heavy (non-hydrogen) atoms. The number of carboxylic acid groups (broad SMARTS) is 1. The van der Waals surface area contributed by atoms with Crippen LogP contribution in [0.25, 0.3) is 0 Å². The number of unbranched alkanes of at least 4 members (excludes halogenated alkanes) is 2. The van der Waals surface area contributed by atoms with Gasteiger partial charge in [0.2, 0.25) is 0 Å². The molecule has 1 heterocycles. The van der Waals surface area contributed by atoms with E-state index < -0.39 is 5.97 Å². The van der Waals surface area contributed by atoms with Crippen LogP contribution in [0.5, 0.6) is 0 Å². The molecule has 1 fully saturated rings. The van der Waals surface area contributed by atoms with Crippen molar-refractivity contribution in [2.45, 2.75) is 31.7 Å².